The Morgan fingerprint density at radius 3 is 2.75 bits per heavy atom. The molecule has 1 saturated heterocycles. The molecule has 1 aliphatic heterocycles. The Hall–Kier alpha value is -1.58. The van der Waals surface area contributed by atoms with Gasteiger partial charge in [-0.05, 0) is 12.8 Å². The van der Waals surface area contributed by atoms with Crippen LogP contribution in [0.4, 0.5) is 8.78 Å². The number of nitrogens with one attached hydrogen (secondary N) is 1. The van der Waals surface area contributed by atoms with Gasteiger partial charge in [0.05, 0.1) is 8.34 Å². The van der Waals surface area contributed by atoms with Crippen LogP contribution < -0.4 is 11.2 Å². The van der Waals surface area contributed by atoms with Crippen molar-refractivity contribution in [1.29, 1.82) is 0 Å². The van der Waals surface area contributed by atoms with Crippen LogP contribution in [0.25, 0.3) is 0 Å². The van der Waals surface area contributed by atoms with E-state index in [1.165, 1.54) is 0 Å². The normalized spacial score (nSPS) is 35.5. The Labute approximate surface area is 113 Å². The topological polar surface area (TPSA) is 105 Å². The number of hydrogen-bond acceptors (Lipinski definition) is 5. The van der Waals surface area contributed by atoms with E-state index >= 15 is 0 Å². The molecule has 0 bridgehead atoms. The molecule has 110 valence electrons. The lowest BCUT2D eigenvalue weighted by atomic mass is 10.0. The number of aliphatic hydroxyl groups is 2. The molecule has 2 aliphatic rings. The Kier molecular flexibility index (Phi) is 2.20. The van der Waals surface area contributed by atoms with E-state index in [0.29, 0.717) is 0 Å². The second kappa shape index (κ2) is 3.96. The molecule has 1 saturated carbocycles. The number of aliphatic hydroxyl groups excluding tert-OH is 1. The maximum Gasteiger partial charge on any atom is 0.330 e. The van der Waals surface area contributed by atoms with Gasteiger partial charge < -0.3 is 14.9 Å². The van der Waals surface area contributed by atoms with E-state index in [0.717, 1.165) is 0 Å². The van der Waals surface area contributed by atoms with Crippen LogP contribution in [0.1, 0.15) is 21.8 Å². The van der Waals surface area contributed by atoms with Gasteiger partial charge in [0.2, 0.25) is 6.23 Å². The van der Waals surface area contributed by atoms with Gasteiger partial charge in [0, 0.05) is 12.2 Å². The quantitative estimate of drug-likeness (QED) is 0.645. The van der Waals surface area contributed by atoms with Crippen molar-refractivity contribution in [3.8, 4) is 0 Å². The van der Waals surface area contributed by atoms with E-state index < -0.39 is 53.4 Å². The number of aromatic nitrogens is 2. The number of nitrogens with zero attached hydrogens (tertiary/aromatic N) is 1. The van der Waals surface area contributed by atoms with Gasteiger partial charge in [-0.2, -0.15) is 8.78 Å². The Morgan fingerprint density at radius 2 is 2.15 bits per heavy atom. The maximum absolute atomic E-state index is 14.2. The van der Waals surface area contributed by atoms with Crippen LogP contribution in [0.2, 0.25) is 0 Å². The minimum Gasteiger partial charge on any atom is -0.387 e. The van der Waals surface area contributed by atoms with E-state index in [-0.39, 0.29) is 17.4 Å². The zero-order valence-electron chi connectivity index (χ0n) is 12.0. The predicted octanol–water partition coefficient (Wildman–Crippen LogP) is -1.04. The maximum atomic E-state index is 14.2. The van der Waals surface area contributed by atoms with Crippen molar-refractivity contribution in [3.05, 3.63) is 33.1 Å². The van der Waals surface area contributed by atoms with Gasteiger partial charge in [-0.15, -0.1) is 0 Å². The van der Waals surface area contributed by atoms with Crippen molar-refractivity contribution in [1.82, 2.24) is 9.55 Å². The molecule has 20 heavy (non-hydrogen) atoms. The zero-order chi connectivity index (χ0) is 16.4. The van der Waals surface area contributed by atoms with Crippen molar-refractivity contribution >= 4 is 0 Å². The molecule has 2 heterocycles. The first-order valence-electron chi connectivity index (χ1n) is 6.85. The molecule has 2 fully saturated rings. The Balaban J connectivity index is 2.11. The molecule has 1 aliphatic carbocycles. The van der Waals surface area contributed by atoms with Crippen LogP contribution in [0, 0.1) is 0 Å². The summed E-state index contributed by atoms with van der Waals surface area (Å²) in [6.45, 7) is 0. The van der Waals surface area contributed by atoms with Crippen LogP contribution >= 0.6 is 0 Å². The largest absolute Gasteiger partial charge is 0.387 e. The molecule has 3 rings (SSSR count). The first-order valence-corrected chi connectivity index (χ1v) is 5.85. The third-order valence-electron chi connectivity index (χ3n) is 3.54. The fourth-order valence-electron chi connectivity index (χ4n) is 2.23. The highest BCUT2D eigenvalue weighted by molar-refractivity contribution is 5.10. The van der Waals surface area contributed by atoms with Crippen molar-refractivity contribution in [3.63, 3.8) is 0 Å². The average Bonchev–Trinajstić information content (AvgIpc) is 3.12. The van der Waals surface area contributed by atoms with Gasteiger partial charge in [-0.25, -0.2) is 4.79 Å². The van der Waals surface area contributed by atoms with Gasteiger partial charge >= 0.3 is 11.6 Å². The second-order valence-corrected chi connectivity index (χ2v) is 5.00. The van der Waals surface area contributed by atoms with Crippen molar-refractivity contribution < 1.29 is 26.5 Å². The molecule has 1 aromatic heterocycles. The van der Waals surface area contributed by atoms with Crippen LogP contribution in [0.3, 0.4) is 0 Å². The minimum absolute atomic E-state index is 0.0959. The lowest BCUT2D eigenvalue weighted by Gasteiger charge is -2.21. The molecule has 0 radical (unpaired) electrons. The van der Waals surface area contributed by atoms with Gasteiger partial charge in [-0.1, -0.05) is 0 Å². The molecule has 3 atom stereocenters. The van der Waals surface area contributed by atoms with E-state index in [4.69, 9.17) is 7.48 Å². The number of H-pyrrole nitrogens is 1. The van der Waals surface area contributed by atoms with Crippen LogP contribution in [0.15, 0.2) is 21.8 Å². The molecule has 7 nitrogen and oxygen atoms in total. The summed E-state index contributed by atoms with van der Waals surface area (Å²) in [6, 6.07) is -0.984. The fraction of sp³-hybridized carbons (Fsp3) is 0.636. The van der Waals surface area contributed by atoms with E-state index in [1.54, 1.807) is 4.98 Å². The number of hydrogen-bond donors (Lipinski definition) is 3. The lowest BCUT2D eigenvalue weighted by molar-refractivity contribution is -0.141. The minimum atomic E-state index is -3.98. The molecule has 1 unspecified atom stereocenters. The summed E-state index contributed by atoms with van der Waals surface area (Å²) in [6.07, 6.45) is -7.13. The lowest BCUT2D eigenvalue weighted by Crippen LogP contribution is -2.44. The number of aromatic amines is 1. The summed E-state index contributed by atoms with van der Waals surface area (Å²) in [5.74, 6) is -3.98. The van der Waals surface area contributed by atoms with Crippen molar-refractivity contribution in [2.75, 3.05) is 0 Å². The molecule has 0 spiro atoms. The molecular weight excluding hydrogens is 278 g/mol. The SMILES string of the molecule is [2H]c1c([2H])n([C@@H]2O[C@H](C3(O)CC3)C(O)C2(F)F)c(=O)[nH]c1=O. The molecule has 0 aromatic carbocycles. The highest BCUT2D eigenvalue weighted by atomic mass is 19.3. The van der Waals surface area contributed by atoms with Crippen LogP contribution in [0.5, 0.6) is 0 Å². The third-order valence-corrected chi connectivity index (χ3v) is 3.54. The number of alkyl halides is 2. The van der Waals surface area contributed by atoms with Crippen molar-refractivity contribution in [2.24, 2.45) is 0 Å². The Bertz CT molecular complexity index is 745. The summed E-state index contributed by atoms with van der Waals surface area (Å²) in [5.41, 5.74) is -4.15. The van der Waals surface area contributed by atoms with E-state index in [9.17, 15) is 28.6 Å². The summed E-state index contributed by atoms with van der Waals surface area (Å²) in [4.78, 5) is 24.5. The third kappa shape index (κ3) is 1.81. The number of halogens is 2. The van der Waals surface area contributed by atoms with Crippen LogP contribution in [-0.2, 0) is 4.74 Å². The monoisotopic (exact) mass is 292 g/mol. The van der Waals surface area contributed by atoms with Gasteiger partial charge in [0.15, 0.2) is 6.10 Å². The van der Waals surface area contributed by atoms with Gasteiger partial charge in [0.1, 0.15) is 6.10 Å². The summed E-state index contributed by atoms with van der Waals surface area (Å²) in [5, 5.41) is 19.6. The number of rotatable bonds is 2. The summed E-state index contributed by atoms with van der Waals surface area (Å²) < 4.78 is 48.3. The highest BCUT2D eigenvalue weighted by Crippen LogP contribution is 2.51. The smallest absolute Gasteiger partial charge is 0.330 e. The standard InChI is InChI=1S/C11H12F2N2O5/c12-11(13)6(17)7(10(19)2-3-10)20-8(11)15-4-1-5(16)14-9(15)18/h1,4,6-8,17,19H,2-3H2,(H,14,16,18)/t6?,7-,8+/m0/s1/i1D,4D. The first-order chi connectivity index (χ1) is 10.1. The van der Waals surface area contributed by atoms with E-state index in [2.05, 4.69) is 0 Å². The molecule has 9 heteroatoms. The highest BCUT2D eigenvalue weighted by Gasteiger charge is 2.67. The Morgan fingerprint density at radius 1 is 1.50 bits per heavy atom. The molecular formula is C11H12F2N2O5. The van der Waals surface area contributed by atoms with Gasteiger partial charge in [0.25, 0.3) is 5.56 Å². The predicted molar refractivity (Wildman–Crippen MR) is 60.4 cm³/mol. The molecule has 0 amide bonds. The van der Waals surface area contributed by atoms with Crippen LogP contribution in [-0.4, -0.2) is 43.5 Å². The summed E-state index contributed by atoms with van der Waals surface area (Å²) >= 11 is 0. The molecule has 3 N–H and O–H groups in total. The average molecular weight is 292 g/mol. The zero-order valence-corrected chi connectivity index (χ0v) is 9.97. The van der Waals surface area contributed by atoms with E-state index in [1.807, 2.05) is 0 Å². The van der Waals surface area contributed by atoms with Crippen molar-refractivity contribution in [2.45, 2.75) is 42.8 Å². The fourth-order valence-corrected chi connectivity index (χ4v) is 2.23. The van der Waals surface area contributed by atoms with Gasteiger partial charge in [-0.3, -0.25) is 14.3 Å². The summed E-state index contributed by atoms with van der Waals surface area (Å²) in [7, 11) is 0. The second-order valence-electron chi connectivity index (χ2n) is 5.00. The first kappa shape index (κ1) is 11.1. The number of ether oxygens (including phenoxy) is 1. The molecule has 1 aromatic rings.